The summed E-state index contributed by atoms with van der Waals surface area (Å²) in [4.78, 5) is 16.6. The average Bonchev–Trinajstić information content (AvgIpc) is 2.49. The van der Waals surface area contributed by atoms with E-state index >= 15 is 0 Å². The second kappa shape index (κ2) is 3.64. The van der Waals surface area contributed by atoms with Crippen molar-refractivity contribution >= 4 is 42.5 Å². The third-order valence-corrected chi connectivity index (χ3v) is 6.74. The van der Waals surface area contributed by atoms with E-state index in [0.717, 1.165) is 0 Å². The Morgan fingerprint density at radius 2 is 2.00 bits per heavy atom. The van der Waals surface area contributed by atoms with Crippen molar-refractivity contribution in [2.24, 2.45) is 0 Å². The van der Waals surface area contributed by atoms with Gasteiger partial charge in [-0.15, -0.1) is 0 Å². The van der Waals surface area contributed by atoms with Crippen molar-refractivity contribution in [2.45, 2.75) is 23.5 Å². The Morgan fingerprint density at radius 3 is 2.68 bits per heavy atom. The highest BCUT2D eigenvalue weighted by atomic mass is 79.9. The zero-order valence-corrected chi connectivity index (χ0v) is 12.7. The molecule has 1 aromatic heterocycles. The Balaban J connectivity index is 2.55. The number of fused-ring (bicyclic) bond motifs is 2. The van der Waals surface area contributed by atoms with E-state index in [1.54, 1.807) is 18.3 Å². The van der Waals surface area contributed by atoms with Crippen molar-refractivity contribution in [3.05, 3.63) is 34.4 Å². The minimum Gasteiger partial charge on any atom is -0.292 e. The topological polar surface area (TPSA) is 64.1 Å². The second-order valence-electron chi connectivity index (χ2n) is 4.98. The lowest BCUT2D eigenvalue weighted by molar-refractivity contribution is 0.0958. The monoisotopic (exact) mass is 339 g/mol. The first-order valence-corrected chi connectivity index (χ1v) is 7.93. The first kappa shape index (κ1) is 12.7. The van der Waals surface area contributed by atoms with Crippen LogP contribution in [0.2, 0.25) is 0 Å². The van der Waals surface area contributed by atoms with Crippen LogP contribution < -0.4 is 0 Å². The molecule has 0 unspecified atom stereocenters. The van der Waals surface area contributed by atoms with Crippen LogP contribution in [-0.4, -0.2) is 23.9 Å². The predicted molar refractivity (Wildman–Crippen MR) is 75.0 cm³/mol. The van der Waals surface area contributed by atoms with Crippen molar-refractivity contribution in [2.75, 3.05) is 0 Å². The van der Waals surface area contributed by atoms with Crippen LogP contribution in [0.5, 0.6) is 0 Å². The van der Waals surface area contributed by atoms with Gasteiger partial charge in [0.2, 0.25) is 0 Å². The lowest BCUT2D eigenvalue weighted by atomic mass is 10.00. The summed E-state index contributed by atoms with van der Waals surface area (Å²) in [5.74, 6) is -0.387. The van der Waals surface area contributed by atoms with E-state index in [4.69, 9.17) is 0 Å². The standard InChI is InChI=1S/C13H10BrNO3S/c1-13(2)12(16)9-8(19(13,17)18)6-7-4-3-5-15-11(7)10(9)14/h3-6H,1-2H3. The van der Waals surface area contributed by atoms with Gasteiger partial charge in [0, 0.05) is 11.6 Å². The van der Waals surface area contributed by atoms with Gasteiger partial charge in [0.1, 0.15) is 4.75 Å². The molecule has 1 aromatic carbocycles. The number of hydrogen-bond acceptors (Lipinski definition) is 4. The van der Waals surface area contributed by atoms with E-state index in [1.807, 2.05) is 0 Å². The zero-order valence-electron chi connectivity index (χ0n) is 10.3. The van der Waals surface area contributed by atoms with Crippen molar-refractivity contribution in [3.63, 3.8) is 0 Å². The van der Waals surface area contributed by atoms with E-state index in [0.29, 0.717) is 15.4 Å². The quantitative estimate of drug-likeness (QED) is 0.740. The van der Waals surface area contributed by atoms with Crippen molar-refractivity contribution < 1.29 is 13.2 Å². The van der Waals surface area contributed by atoms with Crippen LogP contribution in [0, 0.1) is 0 Å². The van der Waals surface area contributed by atoms with Gasteiger partial charge in [-0.2, -0.15) is 0 Å². The molecule has 0 radical (unpaired) electrons. The summed E-state index contributed by atoms with van der Waals surface area (Å²) >= 11 is 3.33. The molecule has 3 rings (SSSR count). The van der Waals surface area contributed by atoms with Gasteiger partial charge in [-0.3, -0.25) is 9.78 Å². The molecule has 4 nitrogen and oxygen atoms in total. The molecular weight excluding hydrogens is 330 g/mol. The largest absolute Gasteiger partial charge is 0.292 e. The molecule has 0 saturated heterocycles. The fourth-order valence-electron chi connectivity index (χ4n) is 2.28. The van der Waals surface area contributed by atoms with Crippen LogP contribution >= 0.6 is 15.9 Å². The normalized spacial score (nSPS) is 19.6. The molecule has 0 spiro atoms. The maximum absolute atomic E-state index is 12.5. The summed E-state index contributed by atoms with van der Waals surface area (Å²) in [6, 6.07) is 5.04. The molecule has 0 saturated carbocycles. The molecule has 0 N–H and O–H groups in total. The van der Waals surface area contributed by atoms with Crippen molar-refractivity contribution in [1.82, 2.24) is 4.98 Å². The van der Waals surface area contributed by atoms with Gasteiger partial charge in [-0.1, -0.05) is 6.07 Å². The van der Waals surface area contributed by atoms with E-state index in [9.17, 15) is 13.2 Å². The first-order chi connectivity index (χ1) is 8.78. The fourth-order valence-corrected chi connectivity index (χ4v) is 4.78. The number of ketones is 1. The number of carbonyl (C=O) groups is 1. The molecule has 0 bridgehead atoms. The number of benzene rings is 1. The molecule has 0 aliphatic carbocycles. The summed E-state index contributed by atoms with van der Waals surface area (Å²) in [7, 11) is -3.65. The number of sulfone groups is 1. The molecule has 0 amide bonds. The third kappa shape index (κ3) is 1.41. The summed E-state index contributed by atoms with van der Waals surface area (Å²) in [5.41, 5.74) is 0.818. The molecule has 1 aliphatic rings. The number of hydrogen-bond donors (Lipinski definition) is 0. The smallest absolute Gasteiger partial charge is 0.191 e. The molecule has 1 aliphatic heterocycles. The number of nitrogens with zero attached hydrogens (tertiary/aromatic N) is 1. The number of aromatic nitrogens is 1. The van der Waals surface area contributed by atoms with Gasteiger partial charge in [-0.25, -0.2) is 8.42 Å². The van der Waals surface area contributed by atoms with E-state index < -0.39 is 14.6 Å². The molecule has 19 heavy (non-hydrogen) atoms. The molecular formula is C13H10BrNO3S. The number of Topliss-reactive ketones (excluding diaryl/α,β-unsaturated/α-hetero) is 1. The van der Waals surface area contributed by atoms with Gasteiger partial charge in [0.15, 0.2) is 15.6 Å². The van der Waals surface area contributed by atoms with Crippen molar-refractivity contribution in [1.29, 1.82) is 0 Å². The highest BCUT2D eigenvalue weighted by Crippen LogP contribution is 2.44. The third-order valence-electron chi connectivity index (χ3n) is 3.53. The Hall–Kier alpha value is -1.27. The lowest BCUT2D eigenvalue weighted by Gasteiger charge is -2.13. The second-order valence-corrected chi connectivity index (χ2v) is 8.24. The maximum atomic E-state index is 12.5. The van der Waals surface area contributed by atoms with Gasteiger partial charge in [0.25, 0.3) is 0 Å². The van der Waals surface area contributed by atoms with E-state index in [1.165, 1.54) is 19.9 Å². The molecule has 0 atom stereocenters. The first-order valence-electron chi connectivity index (χ1n) is 5.65. The number of pyridine rings is 1. The maximum Gasteiger partial charge on any atom is 0.191 e. The number of halogens is 1. The van der Waals surface area contributed by atoms with Crippen LogP contribution in [0.1, 0.15) is 24.2 Å². The Morgan fingerprint density at radius 1 is 1.32 bits per heavy atom. The zero-order chi connectivity index (χ0) is 14.0. The van der Waals surface area contributed by atoms with Gasteiger partial charge in [0.05, 0.1) is 20.4 Å². The average molecular weight is 340 g/mol. The minimum atomic E-state index is -3.65. The van der Waals surface area contributed by atoms with Crippen LogP contribution in [0.4, 0.5) is 0 Å². The van der Waals surface area contributed by atoms with E-state index in [2.05, 4.69) is 20.9 Å². The predicted octanol–water partition coefficient (Wildman–Crippen LogP) is 2.75. The fraction of sp³-hybridized carbons (Fsp3) is 0.231. The highest BCUT2D eigenvalue weighted by molar-refractivity contribution is 9.10. The molecule has 98 valence electrons. The Kier molecular flexibility index (Phi) is 2.44. The Labute approximate surface area is 118 Å². The van der Waals surface area contributed by atoms with Crippen LogP contribution in [-0.2, 0) is 9.84 Å². The number of carbonyl (C=O) groups excluding carboxylic acids is 1. The van der Waals surface area contributed by atoms with Crippen molar-refractivity contribution in [3.8, 4) is 0 Å². The molecule has 2 aromatic rings. The van der Waals surface area contributed by atoms with Gasteiger partial charge in [-0.05, 0) is 41.9 Å². The molecule has 2 heterocycles. The van der Waals surface area contributed by atoms with Gasteiger partial charge >= 0.3 is 0 Å². The van der Waals surface area contributed by atoms with Crippen LogP contribution in [0.15, 0.2) is 33.8 Å². The SMILES string of the molecule is CC1(C)C(=O)c2c(cc3cccnc3c2Br)S1(=O)=O. The number of rotatable bonds is 0. The Bertz CT molecular complexity index is 840. The summed E-state index contributed by atoms with van der Waals surface area (Å²) in [5, 5.41) is 0.696. The highest BCUT2D eigenvalue weighted by Gasteiger charge is 2.52. The summed E-state index contributed by atoms with van der Waals surface area (Å²) in [6.45, 7) is 2.88. The summed E-state index contributed by atoms with van der Waals surface area (Å²) in [6.07, 6.45) is 1.61. The minimum absolute atomic E-state index is 0.0925. The van der Waals surface area contributed by atoms with Gasteiger partial charge < -0.3 is 0 Å². The van der Waals surface area contributed by atoms with Crippen LogP contribution in [0.3, 0.4) is 0 Å². The molecule has 0 fully saturated rings. The van der Waals surface area contributed by atoms with Crippen LogP contribution in [0.25, 0.3) is 10.9 Å². The van der Waals surface area contributed by atoms with E-state index in [-0.39, 0.29) is 16.2 Å². The molecule has 6 heteroatoms. The lowest BCUT2D eigenvalue weighted by Crippen LogP contribution is -2.33. The summed E-state index contributed by atoms with van der Waals surface area (Å²) < 4.78 is 23.9.